The number of hydrogen-bond acceptors (Lipinski definition) is 4. The van der Waals surface area contributed by atoms with E-state index in [0.717, 1.165) is 19.5 Å². The smallest absolute Gasteiger partial charge is 0.320 e. The molecule has 0 spiro atoms. The van der Waals surface area contributed by atoms with Crippen molar-refractivity contribution in [3.8, 4) is 0 Å². The minimum absolute atomic E-state index is 0.0479. The minimum Gasteiger partial charge on any atom is -0.323 e. The third-order valence-corrected chi connectivity index (χ3v) is 4.59. The summed E-state index contributed by atoms with van der Waals surface area (Å²) in [7, 11) is 3.86. The molecule has 0 radical (unpaired) electrons. The van der Waals surface area contributed by atoms with Gasteiger partial charge in [-0.1, -0.05) is 0 Å². The molecule has 3 rings (SSSR count). The maximum atomic E-state index is 12.1. The Hall–Kier alpha value is -1.34. The molecular weight excluding hydrogens is 260 g/mol. The number of urea groups is 1. The van der Waals surface area contributed by atoms with Gasteiger partial charge in [0, 0.05) is 32.6 Å². The molecule has 0 saturated carbocycles. The Morgan fingerprint density at radius 2 is 2.05 bits per heavy atom. The van der Waals surface area contributed by atoms with Gasteiger partial charge in [-0.05, 0) is 19.9 Å². The molecule has 2 atom stereocenters. The van der Waals surface area contributed by atoms with Crippen LogP contribution in [0.25, 0.3) is 0 Å². The van der Waals surface area contributed by atoms with Gasteiger partial charge in [0.15, 0.2) is 0 Å². The van der Waals surface area contributed by atoms with Gasteiger partial charge in [-0.3, -0.25) is 9.63 Å². The Bertz CT molecular complexity index is 410. The highest BCUT2D eigenvalue weighted by Crippen LogP contribution is 2.28. The van der Waals surface area contributed by atoms with Crippen molar-refractivity contribution in [2.24, 2.45) is 5.92 Å². The van der Waals surface area contributed by atoms with Crippen molar-refractivity contribution < 1.29 is 14.4 Å². The molecule has 0 aromatic rings. The van der Waals surface area contributed by atoms with Crippen molar-refractivity contribution in [3.63, 3.8) is 0 Å². The zero-order chi connectivity index (χ0) is 14.3. The third kappa shape index (κ3) is 2.35. The number of carbonyl (C=O) groups is 2. The number of piperidine rings is 1. The zero-order valence-corrected chi connectivity index (χ0v) is 12.0. The Kier molecular flexibility index (Phi) is 3.55. The first-order chi connectivity index (χ1) is 9.56. The van der Waals surface area contributed by atoms with Gasteiger partial charge >= 0.3 is 6.03 Å². The van der Waals surface area contributed by atoms with E-state index in [-0.39, 0.29) is 24.0 Å². The van der Waals surface area contributed by atoms with Crippen molar-refractivity contribution in [3.05, 3.63) is 0 Å². The summed E-state index contributed by atoms with van der Waals surface area (Å²) in [4.78, 5) is 35.0. The normalized spacial score (nSPS) is 30.6. The first-order valence-corrected chi connectivity index (χ1v) is 7.20. The van der Waals surface area contributed by atoms with Gasteiger partial charge in [0.05, 0.1) is 12.6 Å². The molecule has 0 aromatic carbocycles. The number of amides is 3. The zero-order valence-electron chi connectivity index (χ0n) is 12.0. The van der Waals surface area contributed by atoms with Gasteiger partial charge < -0.3 is 14.7 Å². The Labute approximate surface area is 118 Å². The van der Waals surface area contributed by atoms with Crippen LogP contribution in [0.4, 0.5) is 4.79 Å². The quantitative estimate of drug-likeness (QED) is 0.706. The first kappa shape index (κ1) is 13.6. The molecule has 0 aliphatic carbocycles. The lowest BCUT2D eigenvalue weighted by molar-refractivity contribution is -0.141. The Morgan fingerprint density at radius 1 is 1.30 bits per heavy atom. The average Bonchev–Trinajstić information content (AvgIpc) is 2.62. The van der Waals surface area contributed by atoms with Crippen LogP contribution in [-0.4, -0.2) is 79.1 Å². The molecule has 20 heavy (non-hydrogen) atoms. The summed E-state index contributed by atoms with van der Waals surface area (Å²) in [5.74, 6) is 0.301. The van der Waals surface area contributed by atoms with E-state index in [1.807, 2.05) is 0 Å². The number of fused-ring (bicyclic) bond motifs is 2. The Balaban J connectivity index is 1.46. The van der Waals surface area contributed by atoms with Crippen LogP contribution in [0.1, 0.15) is 12.8 Å². The topological polar surface area (TPSA) is 65.1 Å². The number of nitrogens with one attached hydrogen (secondary N) is 1. The lowest BCUT2D eigenvalue weighted by Crippen LogP contribution is -2.51. The van der Waals surface area contributed by atoms with Crippen LogP contribution in [0, 0.1) is 5.92 Å². The molecule has 7 heteroatoms. The fourth-order valence-corrected chi connectivity index (χ4v) is 3.34. The second-order valence-corrected chi connectivity index (χ2v) is 6.16. The van der Waals surface area contributed by atoms with E-state index >= 15 is 0 Å². The second kappa shape index (κ2) is 5.21. The number of carbonyl (C=O) groups excluding carboxylic acids is 2. The minimum atomic E-state index is -0.382. The summed E-state index contributed by atoms with van der Waals surface area (Å²) >= 11 is 0. The highest BCUT2D eigenvalue weighted by molar-refractivity contribution is 5.88. The molecular formula is C13H22N4O3. The van der Waals surface area contributed by atoms with E-state index in [9.17, 15) is 9.59 Å². The highest BCUT2D eigenvalue weighted by Gasteiger charge is 2.45. The number of nitrogens with zero attached hydrogens (tertiary/aromatic N) is 3. The summed E-state index contributed by atoms with van der Waals surface area (Å²) in [6, 6.07) is -0.168. The van der Waals surface area contributed by atoms with E-state index in [1.54, 1.807) is 16.8 Å². The van der Waals surface area contributed by atoms with Crippen LogP contribution < -0.4 is 5.48 Å². The molecule has 3 aliphatic rings. The summed E-state index contributed by atoms with van der Waals surface area (Å²) < 4.78 is 0. The van der Waals surface area contributed by atoms with Crippen molar-refractivity contribution in [1.82, 2.24) is 20.2 Å². The molecule has 3 aliphatic heterocycles. The SMILES string of the molecule is CN1CC(CONC(=O)[C@@H]2CC[C@@H]3CN2C(=O)N3C)C1. The molecule has 2 bridgehead atoms. The predicted octanol–water partition coefficient (Wildman–Crippen LogP) is -0.506. The second-order valence-electron chi connectivity index (χ2n) is 6.16. The van der Waals surface area contributed by atoms with Crippen LogP contribution in [0.15, 0.2) is 0 Å². The third-order valence-electron chi connectivity index (χ3n) is 4.59. The van der Waals surface area contributed by atoms with Gasteiger partial charge in [0.25, 0.3) is 5.91 Å². The van der Waals surface area contributed by atoms with Crippen LogP contribution in [0.3, 0.4) is 0 Å². The molecule has 1 N–H and O–H groups in total. The maximum Gasteiger partial charge on any atom is 0.320 e. The number of hydrogen-bond donors (Lipinski definition) is 1. The lowest BCUT2D eigenvalue weighted by Gasteiger charge is -2.35. The lowest BCUT2D eigenvalue weighted by atomic mass is 10.0. The number of hydroxylamine groups is 1. The van der Waals surface area contributed by atoms with Crippen LogP contribution in [0.2, 0.25) is 0 Å². The standard InChI is InChI=1S/C13H22N4O3/c1-15-5-9(6-15)8-20-14-12(18)11-4-3-10-7-17(11)13(19)16(10)2/h9-11H,3-8H2,1-2H3,(H,14,18)/t10-,11+/m1/s1. The number of likely N-dealkylation sites (tertiary alicyclic amines) is 1. The molecule has 3 heterocycles. The van der Waals surface area contributed by atoms with Crippen LogP contribution in [0.5, 0.6) is 0 Å². The molecule has 112 valence electrons. The van der Waals surface area contributed by atoms with E-state index in [4.69, 9.17) is 4.84 Å². The number of likely N-dealkylation sites (N-methyl/N-ethyl adjacent to an activating group) is 1. The molecule has 0 unspecified atom stereocenters. The summed E-state index contributed by atoms with van der Waals surface area (Å²) in [6.45, 7) is 3.22. The van der Waals surface area contributed by atoms with Crippen molar-refractivity contribution in [1.29, 1.82) is 0 Å². The van der Waals surface area contributed by atoms with Gasteiger partial charge in [0.2, 0.25) is 0 Å². The van der Waals surface area contributed by atoms with E-state index in [2.05, 4.69) is 17.4 Å². The summed E-state index contributed by atoms with van der Waals surface area (Å²) in [5.41, 5.74) is 2.51. The highest BCUT2D eigenvalue weighted by atomic mass is 16.7. The van der Waals surface area contributed by atoms with Gasteiger partial charge in [-0.15, -0.1) is 0 Å². The van der Waals surface area contributed by atoms with Crippen LogP contribution in [-0.2, 0) is 9.63 Å². The van der Waals surface area contributed by atoms with E-state index in [0.29, 0.717) is 25.5 Å². The first-order valence-electron chi connectivity index (χ1n) is 7.20. The Morgan fingerprint density at radius 3 is 2.75 bits per heavy atom. The fourth-order valence-electron chi connectivity index (χ4n) is 3.34. The largest absolute Gasteiger partial charge is 0.323 e. The summed E-state index contributed by atoms with van der Waals surface area (Å²) in [6.07, 6.45) is 1.59. The van der Waals surface area contributed by atoms with Crippen LogP contribution >= 0.6 is 0 Å². The molecule has 3 fully saturated rings. The summed E-state index contributed by atoms with van der Waals surface area (Å²) in [5, 5.41) is 0. The monoisotopic (exact) mass is 282 g/mol. The molecule has 3 saturated heterocycles. The van der Waals surface area contributed by atoms with E-state index in [1.165, 1.54) is 0 Å². The average molecular weight is 282 g/mol. The molecule has 0 aromatic heterocycles. The van der Waals surface area contributed by atoms with Gasteiger partial charge in [0.1, 0.15) is 6.04 Å². The van der Waals surface area contributed by atoms with Gasteiger partial charge in [-0.2, -0.15) is 0 Å². The van der Waals surface area contributed by atoms with Crippen molar-refractivity contribution in [2.45, 2.75) is 24.9 Å². The van der Waals surface area contributed by atoms with E-state index < -0.39 is 0 Å². The molecule has 7 nitrogen and oxygen atoms in total. The maximum absolute atomic E-state index is 12.1. The van der Waals surface area contributed by atoms with Crippen molar-refractivity contribution >= 4 is 11.9 Å². The number of rotatable bonds is 4. The predicted molar refractivity (Wildman–Crippen MR) is 71.8 cm³/mol. The van der Waals surface area contributed by atoms with Crippen molar-refractivity contribution in [2.75, 3.05) is 40.3 Å². The molecule has 3 amide bonds. The van der Waals surface area contributed by atoms with Gasteiger partial charge in [-0.25, -0.2) is 10.3 Å². The fraction of sp³-hybridized carbons (Fsp3) is 0.846.